The predicted molar refractivity (Wildman–Crippen MR) is 62.9 cm³/mol. The molecule has 1 saturated heterocycles. The van der Waals surface area contributed by atoms with E-state index in [9.17, 15) is 0 Å². The summed E-state index contributed by atoms with van der Waals surface area (Å²) in [5, 5.41) is 9.14. The lowest BCUT2D eigenvalue weighted by atomic mass is 10.1. The fourth-order valence-corrected chi connectivity index (χ4v) is 3.07. The molecule has 1 aliphatic rings. The first-order valence-corrected chi connectivity index (χ1v) is 6.39. The van der Waals surface area contributed by atoms with Crippen molar-refractivity contribution in [3.05, 3.63) is 35.9 Å². The van der Waals surface area contributed by atoms with Crippen molar-refractivity contribution in [2.75, 3.05) is 18.1 Å². The van der Waals surface area contributed by atoms with E-state index in [1.807, 2.05) is 30.0 Å². The second-order valence-electron chi connectivity index (χ2n) is 3.82. The van der Waals surface area contributed by atoms with E-state index in [0.717, 1.165) is 11.5 Å². The monoisotopic (exact) mass is 224 g/mol. The Bertz CT molecular complexity index is 289. The number of thioether (sulfide) groups is 1. The molecule has 0 spiro atoms. The summed E-state index contributed by atoms with van der Waals surface area (Å²) < 4.78 is 5.81. The summed E-state index contributed by atoms with van der Waals surface area (Å²) >= 11 is 1.87. The minimum Gasteiger partial charge on any atom is -0.396 e. The van der Waals surface area contributed by atoms with Crippen LogP contribution in [0.1, 0.15) is 5.56 Å². The Morgan fingerprint density at radius 1 is 1.27 bits per heavy atom. The van der Waals surface area contributed by atoms with Crippen LogP contribution >= 0.6 is 11.8 Å². The van der Waals surface area contributed by atoms with Gasteiger partial charge < -0.3 is 9.84 Å². The maximum absolute atomic E-state index is 9.14. The summed E-state index contributed by atoms with van der Waals surface area (Å²) in [6.07, 6.45) is 0.222. The van der Waals surface area contributed by atoms with Crippen LogP contribution in [0.3, 0.4) is 0 Å². The van der Waals surface area contributed by atoms with Crippen LogP contribution < -0.4 is 0 Å². The Morgan fingerprint density at radius 2 is 2.07 bits per heavy atom. The molecule has 0 unspecified atom stereocenters. The van der Waals surface area contributed by atoms with Gasteiger partial charge in [-0.3, -0.25) is 0 Å². The maximum atomic E-state index is 9.14. The van der Waals surface area contributed by atoms with E-state index in [1.165, 1.54) is 5.56 Å². The fourth-order valence-electron chi connectivity index (χ4n) is 1.71. The molecular formula is C12H16O2S. The fraction of sp³-hybridized carbons (Fsp3) is 0.500. The number of hydrogen-bond donors (Lipinski definition) is 1. The summed E-state index contributed by atoms with van der Waals surface area (Å²) in [5.74, 6) is 2.35. The third kappa shape index (κ3) is 2.97. The third-order valence-corrected chi connectivity index (χ3v) is 3.91. The molecule has 2 nitrogen and oxygen atoms in total. The van der Waals surface area contributed by atoms with Crippen molar-refractivity contribution in [1.82, 2.24) is 0 Å². The molecule has 0 aliphatic carbocycles. The van der Waals surface area contributed by atoms with Crippen molar-refractivity contribution in [3.63, 3.8) is 0 Å². The average Bonchev–Trinajstić information content (AvgIpc) is 2.75. The van der Waals surface area contributed by atoms with Crippen molar-refractivity contribution < 1.29 is 9.84 Å². The SMILES string of the molecule is OC[C@H]1CSC[C@@H]1OCc1ccccc1. The van der Waals surface area contributed by atoms with Crippen LogP contribution in [-0.4, -0.2) is 29.3 Å². The van der Waals surface area contributed by atoms with Gasteiger partial charge in [-0.2, -0.15) is 11.8 Å². The lowest BCUT2D eigenvalue weighted by Gasteiger charge is -2.17. The maximum Gasteiger partial charge on any atom is 0.0727 e. The van der Waals surface area contributed by atoms with Gasteiger partial charge in [-0.1, -0.05) is 30.3 Å². The highest BCUT2D eigenvalue weighted by Gasteiger charge is 2.27. The van der Waals surface area contributed by atoms with E-state index in [0.29, 0.717) is 12.5 Å². The third-order valence-electron chi connectivity index (χ3n) is 2.68. The first-order valence-electron chi connectivity index (χ1n) is 5.24. The van der Waals surface area contributed by atoms with E-state index in [-0.39, 0.29) is 12.7 Å². The molecule has 0 bridgehead atoms. The molecule has 1 aromatic rings. The van der Waals surface area contributed by atoms with Crippen LogP contribution in [0, 0.1) is 5.92 Å². The first-order chi connectivity index (χ1) is 7.40. The number of aliphatic hydroxyl groups is 1. The minimum atomic E-state index is 0.222. The van der Waals surface area contributed by atoms with Gasteiger partial charge in [0.2, 0.25) is 0 Å². The van der Waals surface area contributed by atoms with Crippen molar-refractivity contribution in [1.29, 1.82) is 0 Å². The molecule has 1 aromatic carbocycles. The van der Waals surface area contributed by atoms with Crippen molar-refractivity contribution >= 4 is 11.8 Å². The summed E-state index contributed by atoms with van der Waals surface area (Å²) in [5.41, 5.74) is 1.20. The van der Waals surface area contributed by atoms with E-state index in [4.69, 9.17) is 9.84 Å². The smallest absolute Gasteiger partial charge is 0.0727 e. The number of ether oxygens (including phenoxy) is 1. The van der Waals surface area contributed by atoms with Crippen LogP contribution in [0.15, 0.2) is 30.3 Å². The molecule has 2 rings (SSSR count). The zero-order valence-electron chi connectivity index (χ0n) is 8.63. The Balaban J connectivity index is 1.83. The summed E-state index contributed by atoms with van der Waals surface area (Å²) in [6.45, 7) is 0.898. The van der Waals surface area contributed by atoms with Crippen LogP contribution in [0.5, 0.6) is 0 Å². The zero-order chi connectivity index (χ0) is 10.5. The lowest BCUT2D eigenvalue weighted by Crippen LogP contribution is -2.24. The topological polar surface area (TPSA) is 29.5 Å². The highest BCUT2D eigenvalue weighted by Crippen LogP contribution is 2.26. The predicted octanol–water partition coefficient (Wildman–Crippen LogP) is 1.93. The summed E-state index contributed by atoms with van der Waals surface area (Å²) in [6, 6.07) is 10.2. The van der Waals surface area contributed by atoms with E-state index < -0.39 is 0 Å². The van der Waals surface area contributed by atoms with Crippen LogP contribution in [0.4, 0.5) is 0 Å². The molecule has 0 saturated carbocycles. The largest absolute Gasteiger partial charge is 0.396 e. The van der Waals surface area contributed by atoms with Crippen molar-refractivity contribution in [3.8, 4) is 0 Å². The quantitative estimate of drug-likeness (QED) is 0.847. The van der Waals surface area contributed by atoms with E-state index >= 15 is 0 Å². The van der Waals surface area contributed by atoms with E-state index in [1.54, 1.807) is 0 Å². The van der Waals surface area contributed by atoms with E-state index in [2.05, 4.69) is 12.1 Å². The molecule has 0 amide bonds. The molecule has 1 N–H and O–H groups in total. The Labute approximate surface area is 94.6 Å². The van der Waals surface area contributed by atoms with Gasteiger partial charge in [-0.15, -0.1) is 0 Å². The Hall–Kier alpha value is -0.510. The number of hydrogen-bond acceptors (Lipinski definition) is 3. The second kappa shape index (κ2) is 5.54. The molecule has 1 fully saturated rings. The highest BCUT2D eigenvalue weighted by atomic mass is 32.2. The standard InChI is InChI=1S/C12H16O2S/c13-6-11-8-15-9-12(11)14-7-10-4-2-1-3-5-10/h1-5,11-13H,6-9H2/t11-,12-/m0/s1. The average molecular weight is 224 g/mol. The number of rotatable bonds is 4. The van der Waals surface area contributed by atoms with Gasteiger partial charge in [0.25, 0.3) is 0 Å². The molecule has 0 aromatic heterocycles. The van der Waals surface area contributed by atoms with Gasteiger partial charge in [-0.05, 0) is 5.56 Å². The number of benzene rings is 1. The highest BCUT2D eigenvalue weighted by molar-refractivity contribution is 7.99. The van der Waals surface area contributed by atoms with Gasteiger partial charge in [0.15, 0.2) is 0 Å². The van der Waals surface area contributed by atoms with Gasteiger partial charge in [0.05, 0.1) is 12.7 Å². The normalized spacial score (nSPS) is 25.7. The Kier molecular flexibility index (Phi) is 4.06. The summed E-state index contributed by atoms with van der Waals surface area (Å²) in [7, 11) is 0. The second-order valence-corrected chi connectivity index (χ2v) is 4.89. The van der Waals surface area contributed by atoms with Crippen LogP contribution in [0.25, 0.3) is 0 Å². The van der Waals surface area contributed by atoms with Crippen molar-refractivity contribution in [2.24, 2.45) is 5.92 Å². The van der Waals surface area contributed by atoms with Gasteiger partial charge >= 0.3 is 0 Å². The van der Waals surface area contributed by atoms with Gasteiger partial charge in [-0.25, -0.2) is 0 Å². The molecule has 1 aliphatic heterocycles. The lowest BCUT2D eigenvalue weighted by molar-refractivity contribution is 0.0112. The molecule has 15 heavy (non-hydrogen) atoms. The molecule has 0 radical (unpaired) electrons. The molecular weight excluding hydrogens is 208 g/mol. The van der Waals surface area contributed by atoms with Crippen LogP contribution in [0.2, 0.25) is 0 Å². The summed E-state index contributed by atoms with van der Waals surface area (Å²) in [4.78, 5) is 0. The zero-order valence-corrected chi connectivity index (χ0v) is 9.45. The number of aliphatic hydroxyl groups excluding tert-OH is 1. The van der Waals surface area contributed by atoms with Crippen LogP contribution in [-0.2, 0) is 11.3 Å². The van der Waals surface area contributed by atoms with Gasteiger partial charge in [0.1, 0.15) is 0 Å². The minimum absolute atomic E-state index is 0.222. The molecule has 2 atom stereocenters. The Morgan fingerprint density at radius 3 is 2.80 bits per heavy atom. The molecule has 1 heterocycles. The first kappa shape index (κ1) is 11.0. The molecule has 82 valence electrons. The molecule has 3 heteroatoms. The van der Waals surface area contributed by atoms with Crippen molar-refractivity contribution in [2.45, 2.75) is 12.7 Å². The van der Waals surface area contributed by atoms with Gasteiger partial charge in [0, 0.05) is 24.0 Å².